The molecular formula is C20H22Br2O3. The number of ether oxygens (including phenoxy) is 3. The van der Waals surface area contributed by atoms with Gasteiger partial charge in [0.15, 0.2) is 0 Å². The Bertz CT molecular complexity index is 798. The topological polar surface area (TPSA) is 27.7 Å². The molecule has 0 heterocycles. The van der Waals surface area contributed by atoms with E-state index in [9.17, 15) is 0 Å². The second kappa shape index (κ2) is 8.78. The van der Waals surface area contributed by atoms with Crippen molar-refractivity contribution in [2.24, 2.45) is 0 Å². The average molecular weight is 470 g/mol. The van der Waals surface area contributed by atoms with Crippen molar-refractivity contribution in [3.05, 3.63) is 56.9 Å². The predicted molar refractivity (Wildman–Crippen MR) is 108 cm³/mol. The summed E-state index contributed by atoms with van der Waals surface area (Å²) in [6, 6.07) is 6.43. The minimum absolute atomic E-state index is 0.154. The van der Waals surface area contributed by atoms with Crippen molar-refractivity contribution in [1.82, 2.24) is 0 Å². The summed E-state index contributed by atoms with van der Waals surface area (Å²) in [5.41, 5.74) is 2.57. The largest absolute Gasteiger partial charge is 0.382 e. The fourth-order valence-electron chi connectivity index (χ4n) is 2.98. The van der Waals surface area contributed by atoms with Crippen LogP contribution in [-0.2, 0) is 14.2 Å². The number of hydrogen-bond donors (Lipinski definition) is 0. The lowest BCUT2D eigenvalue weighted by atomic mass is 9.92. The van der Waals surface area contributed by atoms with Crippen LogP contribution in [0.3, 0.4) is 0 Å². The van der Waals surface area contributed by atoms with E-state index in [1.165, 1.54) is 21.6 Å². The van der Waals surface area contributed by atoms with Crippen LogP contribution in [0.2, 0.25) is 0 Å². The molecule has 3 rings (SSSR count). The Morgan fingerprint density at radius 3 is 2.60 bits per heavy atom. The molecule has 2 aliphatic rings. The zero-order chi connectivity index (χ0) is 17.7. The molecule has 0 fully saturated rings. The molecule has 0 saturated carbocycles. The second-order valence-corrected chi connectivity index (χ2v) is 8.51. The Balaban J connectivity index is 1.54. The van der Waals surface area contributed by atoms with E-state index < -0.39 is 0 Å². The first kappa shape index (κ1) is 19.1. The summed E-state index contributed by atoms with van der Waals surface area (Å²) >= 11 is 7.41. The summed E-state index contributed by atoms with van der Waals surface area (Å²) in [6.07, 6.45) is 9.85. The van der Waals surface area contributed by atoms with E-state index in [0.717, 1.165) is 10.9 Å². The molecule has 25 heavy (non-hydrogen) atoms. The zero-order valence-electron chi connectivity index (χ0n) is 14.3. The number of alkyl halides is 1. The van der Waals surface area contributed by atoms with Gasteiger partial charge in [0.05, 0.1) is 30.8 Å². The monoisotopic (exact) mass is 468 g/mol. The van der Waals surface area contributed by atoms with Crippen molar-refractivity contribution in [3.63, 3.8) is 0 Å². The SMILES string of the molecule is COCCOCCOCCC1(Br)C=CC2=c3ccc(Br)cc3=CC2=C1. The molecule has 0 amide bonds. The fraction of sp³-hybridized carbons (Fsp3) is 0.400. The van der Waals surface area contributed by atoms with Crippen molar-refractivity contribution in [1.29, 1.82) is 0 Å². The number of benzene rings is 1. The van der Waals surface area contributed by atoms with E-state index in [-0.39, 0.29) is 4.32 Å². The van der Waals surface area contributed by atoms with Crippen LogP contribution in [0.4, 0.5) is 0 Å². The van der Waals surface area contributed by atoms with Gasteiger partial charge >= 0.3 is 0 Å². The third-order valence-corrected chi connectivity index (χ3v) is 5.66. The van der Waals surface area contributed by atoms with Gasteiger partial charge in [-0.1, -0.05) is 56.2 Å². The van der Waals surface area contributed by atoms with Crippen molar-refractivity contribution >= 4 is 43.5 Å². The molecule has 0 radical (unpaired) electrons. The van der Waals surface area contributed by atoms with Crippen LogP contribution >= 0.6 is 31.9 Å². The molecule has 1 aromatic rings. The molecule has 0 spiro atoms. The summed E-state index contributed by atoms with van der Waals surface area (Å²) in [5, 5.41) is 2.56. The van der Waals surface area contributed by atoms with Gasteiger partial charge in [0.25, 0.3) is 0 Å². The first-order valence-electron chi connectivity index (χ1n) is 8.39. The standard InChI is InChI=1S/C20H22Br2O3/c1-23-8-9-25-11-10-24-7-6-20(22)5-4-19-16(14-20)12-15-13-17(21)2-3-18(15)19/h2-5,12-14H,6-11H2,1H3. The third kappa shape index (κ3) is 4.92. The van der Waals surface area contributed by atoms with Crippen LogP contribution in [0.5, 0.6) is 0 Å². The number of fused-ring (bicyclic) bond motifs is 2. The van der Waals surface area contributed by atoms with Crippen molar-refractivity contribution in [2.45, 2.75) is 10.7 Å². The Kier molecular flexibility index (Phi) is 6.69. The van der Waals surface area contributed by atoms with E-state index in [1.54, 1.807) is 7.11 Å². The van der Waals surface area contributed by atoms with Crippen LogP contribution in [0, 0.1) is 0 Å². The summed E-state index contributed by atoms with van der Waals surface area (Å²) < 4.78 is 17.0. The van der Waals surface area contributed by atoms with Gasteiger partial charge in [-0.3, -0.25) is 0 Å². The number of hydrogen-bond acceptors (Lipinski definition) is 3. The van der Waals surface area contributed by atoms with Gasteiger partial charge in [-0.2, -0.15) is 0 Å². The van der Waals surface area contributed by atoms with Gasteiger partial charge in [0.1, 0.15) is 0 Å². The van der Waals surface area contributed by atoms with Crippen molar-refractivity contribution in [2.75, 3.05) is 40.1 Å². The zero-order valence-corrected chi connectivity index (χ0v) is 17.4. The van der Waals surface area contributed by atoms with Gasteiger partial charge in [0.2, 0.25) is 0 Å². The molecule has 5 heteroatoms. The molecule has 1 atom stereocenters. The minimum Gasteiger partial charge on any atom is -0.382 e. The summed E-state index contributed by atoms with van der Waals surface area (Å²) in [7, 11) is 1.67. The highest BCUT2D eigenvalue weighted by molar-refractivity contribution is 9.10. The highest BCUT2D eigenvalue weighted by atomic mass is 79.9. The predicted octanol–water partition coefficient (Wildman–Crippen LogP) is 3.09. The smallest absolute Gasteiger partial charge is 0.0701 e. The van der Waals surface area contributed by atoms with E-state index in [1.807, 2.05) is 0 Å². The maximum Gasteiger partial charge on any atom is 0.0701 e. The van der Waals surface area contributed by atoms with E-state index in [0.29, 0.717) is 33.0 Å². The Morgan fingerprint density at radius 2 is 1.80 bits per heavy atom. The summed E-state index contributed by atoms with van der Waals surface area (Å²) in [5.74, 6) is 0. The molecule has 1 aromatic carbocycles. The van der Waals surface area contributed by atoms with Gasteiger partial charge in [-0.15, -0.1) is 0 Å². The lowest BCUT2D eigenvalue weighted by molar-refractivity contribution is 0.0240. The number of halogens is 2. The van der Waals surface area contributed by atoms with E-state index in [4.69, 9.17) is 14.2 Å². The lowest BCUT2D eigenvalue weighted by Crippen LogP contribution is -2.23. The molecule has 0 aromatic heterocycles. The first-order valence-corrected chi connectivity index (χ1v) is 9.97. The molecule has 0 saturated heterocycles. The quantitative estimate of drug-likeness (QED) is 0.411. The Labute approximate surface area is 165 Å². The molecular weight excluding hydrogens is 448 g/mol. The minimum atomic E-state index is -0.154. The van der Waals surface area contributed by atoms with Gasteiger partial charge in [-0.05, 0) is 46.2 Å². The Morgan fingerprint density at radius 1 is 1.04 bits per heavy atom. The summed E-state index contributed by atoms with van der Waals surface area (Å²) in [6.45, 7) is 3.13. The molecule has 0 aliphatic heterocycles. The van der Waals surface area contributed by atoms with Crippen LogP contribution in [0.25, 0.3) is 11.6 Å². The molecule has 2 aliphatic carbocycles. The van der Waals surface area contributed by atoms with Crippen LogP contribution < -0.4 is 10.4 Å². The van der Waals surface area contributed by atoms with Crippen LogP contribution in [0.15, 0.2) is 46.5 Å². The maximum atomic E-state index is 5.69. The molecule has 0 N–H and O–H groups in total. The third-order valence-electron chi connectivity index (χ3n) is 4.28. The Hall–Kier alpha value is -0.720. The average Bonchev–Trinajstić information content (AvgIpc) is 2.93. The molecule has 1 unspecified atom stereocenters. The fourth-order valence-corrected chi connectivity index (χ4v) is 3.90. The van der Waals surface area contributed by atoms with E-state index >= 15 is 0 Å². The van der Waals surface area contributed by atoms with Crippen molar-refractivity contribution < 1.29 is 14.2 Å². The number of allylic oxidation sites excluding steroid dienone is 4. The van der Waals surface area contributed by atoms with Gasteiger partial charge in [0, 0.05) is 18.2 Å². The van der Waals surface area contributed by atoms with Gasteiger partial charge < -0.3 is 14.2 Å². The molecule has 0 bridgehead atoms. The van der Waals surface area contributed by atoms with Crippen LogP contribution in [0.1, 0.15) is 6.42 Å². The first-order chi connectivity index (χ1) is 12.1. The highest BCUT2D eigenvalue weighted by Crippen LogP contribution is 2.35. The van der Waals surface area contributed by atoms with Crippen LogP contribution in [-0.4, -0.2) is 44.5 Å². The molecule has 3 nitrogen and oxygen atoms in total. The molecule has 134 valence electrons. The summed E-state index contributed by atoms with van der Waals surface area (Å²) in [4.78, 5) is 0. The normalized spacial score (nSPS) is 20.9. The van der Waals surface area contributed by atoms with E-state index in [2.05, 4.69) is 74.4 Å². The second-order valence-electron chi connectivity index (χ2n) is 6.12. The maximum absolute atomic E-state index is 5.69. The van der Waals surface area contributed by atoms with Gasteiger partial charge in [-0.25, -0.2) is 0 Å². The highest BCUT2D eigenvalue weighted by Gasteiger charge is 2.26. The lowest BCUT2D eigenvalue weighted by Gasteiger charge is -2.24. The number of rotatable bonds is 9. The number of methoxy groups -OCH3 is 1. The van der Waals surface area contributed by atoms with Crippen molar-refractivity contribution in [3.8, 4) is 0 Å².